The lowest BCUT2D eigenvalue weighted by Crippen LogP contribution is -2.17. The highest BCUT2D eigenvalue weighted by molar-refractivity contribution is 5.03. The van der Waals surface area contributed by atoms with Gasteiger partial charge in [-0.3, -0.25) is 0 Å². The van der Waals surface area contributed by atoms with Crippen molar-refractivity contribution in [3.05, 3.63) is 12.8 Å². The zero-order valence-electron chi connectivity index (χ0n) is 9.52. The molecular weight excluding hydrogens is 192 g/mol. The van der Waals surface area contributed by atoms with Gasteiger partial charge in [0.1, 0.15) is 0 Å². The Labute approximate surface area is 90.4 Å². The summed E-state index contributed by atoms with van der Waals surface area (Å²) in [6, 6.07) is 3.94. The molecule has 0 amide bonds. The van der Waals surface area contributed by atoms with E-state index in [1.165, 1.54) is 0 Å². The molecule has 0 aromatic carbocycles. The first-order valence-corrected chi connectivity index (χ1v) is 4.26. The molecule has 0 heterocycles. The molecule has 0 aromatic heterocycles. The molecule has 0 aromatic rings. The van der Waals surface area contributed by atoms with E-state index in [2.05, 4.69) is 16.8 Å². The molecule has 82 valence electrons. The van der Waals surface area contributed by atoms with Crippen molar-refractivity contribution in [3.63, 3.8) is 0 Å². The first kappa shape index (κ1) is 15.6. The van der Waals surface area contributed by atoms with Gasteiger partial charge in [0.05, 0.1) is 18.4 Å². The lowest BCUT2D eigenvalue weighted by Gasteiger charge is -2.11. The lowest BCUT2D eigenvalue weighted by molar-refractivity contribution is 0.476. The number of hydrogen-bond donors (Lipinski definition) is 1. The third-order valence-corrected chi connectivity index (χ3v) is 1.10. The first-order valence-electron chi connectivity index (χ1n) is 4.26. The van der Waals surface area contributed by atoms with Crippen LogP contribution >= 0.6 is 0 Å². The van der Waals surface area contributed by atoms with Crippen molar-refractivity contribution in [2.75, 3.05) is 0 Å². The van der Waals surface area contributed by atoms with Gasteiger partial charge in [0.25, 0.3) is 0 Å². The first-order chi connectivity index (χ1) is 6.74. The quantitative estimate of drug-likeness (QED) is 0.558. The Hall–Kier alpha value is -1.88. The van der Waals surface area contributed by atoms with Crippen molar-refractivity contribution in [2.45, 2.75) is 38.8 Å². The summed E-state index contributed by atoms with van der Waals surface area (Å²) in [6.45, 7) is 9.49. The fraction of sp³-hybridized carbons (Fsp3) is 0.600. The third-order valence-electron chi connectivity index (χ3n) is 1.10. The Morgan fingerprint density at radius 3 is 1.40 bits per heavy atom. The molecule has 0 aliphatic rings. The molecule has 0 rings (SSSR count). The smallest absolute Gasteiger partial charge is 0.162 e. The third kappa shape index (κ3) is 10.0. The molecule has 1 N–H and O–H groups in total. The molecule has 5 nitrogen and oxygen atoms in total. The normalized spacial score (nSPS) is 10.8. The molecule has 0 aliphatic heterocycles. The molecule has 0 atom stereocenters. The van der Waals surface area contributed by atoms with Crippen LogP contribution in [0.25, 0.3) is 0 Å². The van der Waals surface area contributed by atoms with E-state index in [4.69, 9.17) is 15.6 Å². The van der Waals surface area contributed by atoms with Gasteiger partial charge < -0.3 is 5.11 Å². The maximum atomic E-state index is 8.58. The highest BCUT2D eigenvalue weighted by Crippen LogP contribution is 2.13. The molecular formula is C10H16N4O. The van der Waals surface area contributed by atoms with Crippen LogP contribution in [0.3, 0.4) is 0 Å². The van der Waals surface area contributed by atoms with E-state index in [0.29, 0.717) is 0 Å². The summed E-state index contributed by atoms with van der Waals surface area (Å²) >= 11 is 0. The van der Waals surface area contributed by atoms with Gasteiger partial charge in [-0.1, -0.05) is 6.58 Å². The van der Waals surface area contributed by atoms with Crippen molar-refractivity contribution in [3.8, 4) is 12.1 Å². The summed E-state index contributed by atoms with van der Waals surface area (Å²) in [6.07, 6.45) is 0.750. The summed E-state index contributed by atoms with van der Waals surface area (Å²) in [5.74, 6) is 0. The molecule has 0 aliphatic carbocycles. The van der Waals surface area contributed by atoms with Crippen molar-refractivity contribution in [1.29, 1.82) is 10.5 Å². The molecule has 0 radical (unpaired) electrons. The van der Waals surface area contributed by atoms with Gasteiger partial charge in [-0.15, -0.1) is 0 Å². The maximum Gasteiger partial charge on any atom is 0.162 e. The summed E-state index contributed by atoms with van der Waals surface area (Å²) in [5.41, 5.74) is -1.68. The van der Waals surface area contributed by atoms with Gasteiger partial charge >= 0.3 is 0 Å². The molecule has 0 fully saturated rings. The number of nitriles is 2. The SMILES string of the molecule is C=CO.CC(C)(C#N)N=NC(C)(C)C#N. The Morgan fingerprint density at radius 2 is 1.27 bits per heavy atom. The van der Waals surface area contributed by atoms with Crippen molar-refractivity contribution in [2.24, 2.45) is 10.2 Å². The second-order valence-electron chi connectivity index (χ2n) is 3.72. The second-order valence-corrected chi connectivity index (χ2v) is 3.72. The Morgan fingerprint density at radius 1 is 1.07 bits per heavy atom. The Balaban J connectivity index is 0. The summed E-state index contributed by atoms with van der Waals surface area (Å²) in [4.78, 5) is 0. The molecule has 15 heavy (non-hydrogen) atoms. The Bertz CT molecular complexity index is 276. The monoisotopic (exact) mass is 208 g/mol. The van der Waals surface area contributed by atoms with E-state index < -0.39 is 11.1 Å². The van der Waals surface area contributed by atoms with E-state index in [0.717, 1.165) is 6.26 Å². The standard InChI is InChI=1S/C8H12N4.C2H4O/c1-7(2,5-9)11-12-8(3,4)6-10;1-2-3/h1-4H3;2-3H,1H2. The molecule has 0 spiro atoms. The molecule has 0 saturated carbocycles. The minimum atomic E-state index is -0.839. The number of hydrogen-bond acceptors (Lipinski definition) is 5. The van der Waals surface area contributed by atoms with Crippen LogP contribution in [0.15, 0.2) is 23.1 Å². The summed E-state index contributed by atoms with van der Waals surface area (Å²) in [7, 11) is 0. The number of aliphatic hydroxyl groups excluding tert-OH is 1. The average molecular weight is 208 g/mol. The molecule has 0 unspecified atom stereocenters. The molecule has 0 bridgehead atoms. The van der Waals surface area contributed by atoms with Gasteiger partial charge in [0.15, 0.2) is 11.1 Å². The Kier molecular flexibility index (Phi) is 6.81. The van der Waals surface area contributed by atoms with E-state index >= 15 is 0 Å². The molecule has 5 heteroatoms. The number of azo groups is 1. The van der Waals surface area contributed by atoms with Crippen LogP contribution in [-0.2, 0) is 0 Å². The zero-order valence-corrected chi connectivity index (χ0v) is 9.52. The van der Waals surface area contributed by atoms with E-state index in [9.17, 15) is 0 Å². The van der Waals surface area contributed by atoms with E-state index in [1.807, 2.05) is 12.1 Å². The second kappa shape index (κ2) is 6.56. The maximum absolute atomic E-state index is 8.58. The fourth-order valence-electron chi connectivity index (χ4n) is 0.295. The van der Waals surface area contributed by atoms with Crippen LogP contribution in [0.2, 0.25) is 0 Å². The minimum Gasteiger partial charge on any atom is -0.516 e. The molecule has 0 saturated heterocycles. The summed E-state index contributed by atoms with van der Waals surface area (Å²) < 4.78 is 0. The largest absolute Gasteiger partial charge is 0.516 e. The summed E-state index contributed by atoms with van der Waals surface area (Å²) in [5, 5.41) is 32.0. The average Bonchev–Trinajstić information content (AvgIpc) is 2.17. The van der Waals surface area contributed by atoms with Gasteiger partial charge in [-0.2, -0.15) is 20.8 Å². The van der Waals surface area contributed by atoms with Crippen LogP contribution in [0.1, 0.15) is 27.7 Å². The fourth-order valence-corrected chi connectivity index (χ4v) is 0.295. The van der Waals surface area contributed by atoms with Crippen LogP contribution < -0.4 is 0 Å². The van der Waals surface area contributed by atoms with Crippen molar-refractivity contribution >= 4 is 0 Å². The van der Waals surface area contributed by atoms with Gasteiger partial charge in [-0.25, -0.2) is 0 Å². The van der Waals surface area contributed by atoms with Gasteiger partial charge in [0, 0.05) is 0 Å². The number of nitrogens with zero attached hydrogens (tertiary/aromatic N) is 4. The predicted molar refractivity (Wildman–Crippen MR) is 57.1 cm³/mol. The van der Waals surface area contributed by atoms with Gasteiger partial charge in [-0.05, 0) is 27.7 Å². The predicted octanol–water partition coefficient (Wildman–Crippen LogP) is 2.73. The number of aliphatic hydroxyl groups is 1. The van der Waals surface area contributed by atoms with Crippen molar-refractivity contribution in [1.82, 2.24) is 0 Å². The number of rotatable bonds is 2. The van der Waals surface area contributed by atoms with Crippen LogP contribution in [0.4, 0.5) is 0 Å². The van der Waals surface area contributed by atoms with Crippen LogP contribution in [0, 0.1) is 22.7 Å². The van der Waals surface area contributed by atoms with E-state index in [-0.39, 0.29) is 0 Å². The van der Waals surface area contributed by atoms with Crippen LogP contribution in [-0.4, -0.2) is 16.2 Å². The van der Waals surface area contributed by atoms with E-state index in [1.54, 1.807) is 27.7 Å². The highest BCUT2D eigenvalue weighted by atomic mass is 16.2. The van der Waals surface area contributed by atoms with Crippen molar-refractivity contribution < 1.29 is 5.11 Å². The van der Waals surface area contributed by atoms with Crippen LogP contribution in [0.5, 0.6) is 0 Å². The minimum absolute atomic E-state index is 0.750. The lowest BCUT2D eigenvalue weighted by atomic mass is 10.1. The zero-order chi connectivity index (χ0) is 12.5. The van der Waals surface area contributed by atoms with Gasteiger partial charge in [0.2, 0.25) is 0 Å². The topological polar surface area (TPSA) is 92.5 Å². The highest BCUT2D eigenvalue weighted by Gasteiger charge is 2.19.